The summed E-state index contributed by atoms with van der Waals surface area (Å²) < 4.78 is 11.5. The summed E-state index contributed by atoms with van der Waals surface area (Å²) in [6.45, 7) is 3.53. The molecule has 2 aromatic carbocycles. The third-order valence-electron chi connectivity index (χ3n) is 4.73. The molecule has 0 bridgehead atoms. The van der Waals surface area contributed by atoms with E-state index in [4.69, 9.17) is 20.9 Å². The molecule has 2 rings (SSSR count). The van der Waals surface area contributed by atoms with Crippen LogP contribution in [0.1, 0.15) is 56.9 Å². The van der Waals surface area contributed by atoms with Gasteiger partial charge in [0.15, 0.2) is 0 Å². The zero-order valence-electron chi connectivity index (χ0n) is 16.6. The van der Waals surface area contributed by atoms with Crippen LogP contribution >= 0.6 is 0 Å². The Bertz CT molecular complexity index is 656. The van der Waals surface area contributed by atoms with Gasteiger partial charge in [0, 0.05) is 5.69 Å². The van der Waals surface area contributed by atoms with Crippen LogP contribution in [0, 0.1) is 6.92 Å². The van der Waals surface area contributed by atoms with Crippen LogP contribution in [0.15, 0.2) is 42.5 Å². The van der Waals surface area contributed by atoms with E-state index in [-0.39, 0.29) is 0 Å². The van der Waals surface area contributed by atoms with Crippen LogP contribution in [-0.4, -0.2) is 13.2 Å². The van der Waals surface area contributed by atoms with E-state index in [1.807, 2.05) is 49.4 Å². The molecule has 4 N–H and O–H groups in total. The Balaban J connectivity index is 1.38. The number of rotatable bonds is 13. The van der Waals surface area contributed by atoms with Crippen LogP contribution in [0.4, 0.5) is 11.4 Å². The highest BCUT2D eigenvalue weighted by atomic mass is 16.5. The third kappa shape index (κ3) is 8.25. The molecule has 0 aliphatic carbocycles. The number of hydrogen-bond donors (Lipinski definition) is 2. The number of para-hydroxylation sites is 1. The van der Waals surface area contributed by atoms with Crippen LogP contribution in [0.25, 0.3) is 0 Å². The van der Waals surface area contributed by atoms with Crippen molar-refractivity contribution in [1.82, 2.24) is 0 Å². The summed E-state index contributed by atoms with van der Waals surface area (Å²) in [7, 11) is 0. The molecule has 0 aliphatic heterocycles. The number of aryl methyl sites for hydroxylation is 1. The second-order valence-electron chi connectivity index (χ2n) is 7.08. The Hall–Kier alpha value is -2.36. The molecule has 0 saturated carbocycles. The van der Waals surface area contributed by atoms with Crippen LogP contribution < -0.4 is 20.9 Å². The van der Waals surface area contributed by atoms with Crippen molar-refractivity contribution in [2.45, 2.75) is 58.3 Å². The van der Waals surface area contributed by atoms with Gasteiger partial charge in [-0.05, 0) is 55.7 Å². The van der Waals surface area contributed by atoms with E-state index in [2.05, 4.69) is 0 Å². The van der Waals surface area contributed by atoms with Crippen molar-refractivity contribution in [2.24, 2.45) is 0 Å². The fraction of sp³-hybridized carbons (Fsp3) is 0.478. The fourth-order valence-corrected chi connectivity index (χ4v) is 2.98. The molecule has 0 amide bonds. The molecule has 2 aromatic rings. The van der Waals surface area contributed by atoms with Crippen molar-refractivity contribution in [3.8, 4) is 11.5 Å². The Labute approximate surface area is 163 Å². The number of ether oxygens (including phenoxy) is 2. The smallest absolute Gasteiger partial charge is 0.142 e. The van der Waals surface area contributed by atoms with Crippen LogP contribution in [0.3, 0.4) is 0 Å². The maximum atomic E-state index is 6.01. The normalized spacial score (nSPS) is 10.7. The largest absolute Gasteiger partial charge is 0.494 e. The highest BCUT2D eigenvalue weighted by molar-refractivity contribution is 5.57. The number of hydrogen-bond acceptors (Lipinski definition) is 4. The summed E-state index contributed by atoms with van der Waals surface area (Å²) in [6, 6.07) is 13.5. The number of nitrogen functional groups attached to an aromatic ring is 2. The molecule has 4 nitrogen and oxygen atoms in total. The van der Waals surface area contributed by atoms with Gasteiger partial charge >= 0.3 is 0 Å². The first-order chi connectivity index (χ1) is 13.2. The lowest BCUT2D eigenvalue weighted by molar-refractivity contribution is 0.301. The molecule has 4 heteroatoms. The molecule has 0 atom stereocenters. The van der Waals surface area contributed by atoms with Gasteiger partial charge in [0.1, 0.15) is 11.5 Å². The average molecular weight is 371 g/mol. The van der Waals surface area contributed by atoms with Crippen molar-refractivity contribution in [2.75, 3.05) is 24.7 Å². The van der Waals surface area contributed by atoms with Crippen LogP contribution in [0.5, 0.6) is 11.5 Å². The molecule has 0 radical (unpaired) electrons. The minimum atomic E-state index is 0.746. The number of benzene rings is 2. The maximum absolute atomic E-state index is 6.01. The summed E-state index contributed by atoms with van der Waals surface area (Å²) in [5.74, 6) is 1.72. The van der Waals surface area contributed by atoms with Gasteiger partial charge in [-0.25, -0.2) is 0 Å². The quantitative estimate of drug-likeness (QED) is 0.348. The Morgan fingerprint density at radius 3 is 1.85 bits per heavy atom. The lowest BCUT2D eigenvalue weighted by Gasteiger charge is -2.10. The predicted octanol–water partition coefficient (Wildman–Crippen LogP) is 5.74. The maximum Gasteiger partial charge on any atom is 0.142 e. The number of anilines is 2. The topological polar surface area (TPSA) is 70.5 Å². The second-order valence-corrected chi connectivity index (χ2v) is 7.08. The zero-order valence-corrected chi connectivity index (χ0v) is 16.6. The molecule has 0 heterocycles. The highest BCUT2D eigenvalue weighted by Crippen LogP contribution is 2.24. The van der Waals surface area contributed by atoms with Gasteiger partial charge < -0.3 is 20.9 Å². The average Bonchev–Trinajstić information content (AvgIpc) is 2.67. The molecular weight excluding hydrogens is 336 g/mol. The summed E-state index contributed by atoms with van der Waals surface area (Å²) in [4.78, 5) is 0. The van der Waals surface area contributed by atoms with Gasteiger partial charge in [-0.15, -0.1) is 0 Å². The van der Waals surface area contributed by atoms with E-state index in [0.29, 0.717) is 0 Å². The standard InChI is InChI=1S/C23H34N2O2/c1-19-11-10-12-22(23(19)25)27-18-9-7-5-3-2-4-6-8-17-26-21-15-13-20(24)14-16-21/h10-16H,2-9,17-18,24-25H2,1H3. The minimum absolute atomic E-state index is 0.746. The molecule has 0 unspecified atom stereocenters. The van der Waals surface area contributed by atoms with Gasteiger partial charge in [0.2, 0.25) is 0 Å². The molecule has 0 aliphatic rings. The van der Waals surface area contributed by atoms with E-state index in [9.17, 15) is 0 Å². The molecule has 0 saturated heterocycles. The summed E-state index contributed by atoms with van der Waals surface area (Å²) in [6.07, 6.45) is 9.78. The lowest BCUT2D eigenvalue weighted by atomic mass is 10.1. The van der Waals surface area contributed by atoms with Gasteiger partial charge in [0.05, 0.1) is 18.9 Å². The predicted molar refractivity (Wildman–Crippen MR) is 114 cm³/mol. The molecule has 0 aromatic heterocycles. The monoisotopic (exact) mass is 370 g/mol. The summed E-state index contributed by atoms with van der Waals surface area (Å²) in [5.41, 5.74) is 14.3. The Morgan fingerprint density at radius 1 is 0.667 bits per heavy atom. The lowest BCUT2D eigenvalue weighted by Crippen LogP contribution is -2.01. The second kappa shape index (κ2) is 12.1. The van der Waals surface area contributed by atoms with Crippen molar-refractivity contribution < 1.29 is 9.47 Å². The molecule has 0 fully saturated rings. The summed E-state index contributed by atoms with van der Waals surface area (Å²) in [5, 5.41) is 0. The third-order valence-corrected chi connectivity index (χ3v) is 4.73. The first-order valence-corrected chi connectivity index (χ1v) is 10.1. The van der Waals surface area contributed by atoms with Crippen molar-refractivity contribution in [3.63, 3.8) is 0 Å². The number of unbranched alkanes of at least 4 members (excludes halogenated alkanes) is 7. The van der Waals surface area contributed by atoms with Gasteiger partial charge in [-0.1, -0.05) is 50.7 Å². The highest BCUT2D eigenvalue weighted by Gasteiger charge is 2.02. The summed E-state index contributed by atoms with van der Waals surface area (Å²) >= 11 is 0. The minimum Gasteiger partial charge on any atom is -0.494 e. The first-order valence-electron chi connectivity index (χ1n) is 10.1. The van der Waals surface area contributed by atoms with Crippen LogP contribution in [0.2, 0.25) is 0 Å². The number of nitrogens with two attached hydrogens (primary N) is 2. The van der Waals surface area contributed by atoms with E-state index in [0.717, 1.165) is 54.5 Å². The first kappa shape index (κ1) is 20.9. The SMILES string of the molecule is Cc1cccc(OCCCCCCCCCCOc2ccc(N)cc2)c1N. The van der Waals surface area contributed by atoms with E-state index >= 15 is 0 Å². The van der Waals surface area contributed by atoms with Crippen molar-refractivity contribution in [3.05, 3.63) is 48.0 Å². The van der Waals surface area contributed by atoms with E-state index in [1.165, 1.54) is 38.5 Å². The van der Waals surface area contributed by atoms with E-state index in [1.54, 1.807) is 0 Å². The van der Waals surface area contributed by atoms with E-state index < -0.39 is 0 Å². The van der Waals surface area contributed by atoms with Gasteiger partial charge in [-0.2, -0.15) is 0 Å². The molecule has 0 spiro atoms. The Kier molecular flexibility index (Phi) is 9.39. The zero-order chi connectivity index (χ0) is 19.3. The van der Waals surface area contributed by atoms with Crippen molar-refractivity contribution >= 4 is 11.4 Å². The van der Waals surface area contributed by atoms with Crippen molar-refractivity contribution in [1.29, 1.82) is 0 Å². The van der Waals surface area contributed by atoms with Crippen LogP contribution in [-0.2, 0) is 0 Å². The molecule has 27 heavy (non-hydrogen) atoms. The van der Waals surface area contributed by atoms with Gasteiger partial charge in [0.25, 0.3) is 0 Å². The molecular formula is C23H34N2O2. The van der Waals surface area contributed by atoms with Gasteiger partial charge in [-0.3, -0.25) is 0 Å². The Morgan fingerprint density at radius 2 is 1.22 bits per heavy atom. The fourth-order valence-electron chi connectivity index (χ4n) is 2.98. The molecule has 148 valence electrons.